The number of hydrogen-bond donors (Lipinski definition) is 0. The van der Waals surface area contributed by atoms with Crippen LogP contribution in [0.3, 0.4) is 0 Å². The summed E-state index contributed by atoms with van der Waals surface area (Å²) in [7, 11) is 0. The van der Waals surface area contributed by atoms with E-state index in [0.717, 1.165) is 11.3 Å². The lowest BCUT2D eigenvalue weighted by Gasteiger charge is -2.07. The van der Waals surface area contributed by atoms with Gasteiger partial charge in [-0.15, -0.1) is 5.10 Å². The predicted octanol–water partition coefficient (Wildman–Crippen LogP) is 2.78. The van der Waals surface area contributed by atoms with Crippen LogP contribution in [0.1, 0.15) is 16.7 Å². The van der Waals surface area contributed by atoms with Crippen molar-refractivity contribution in [3.63, 3.8) is 0 Å². The normalized spacial score (nSPS) is 11.2. The molecular formula is C19H16FN5O. The molecule has 4 rings (SSSR count). The highest BCUT2D eigenvalue weighted by Crippen LogP contribution is 2.16. The summed E-state index contributed by atoms with van der Waals surface area (Å²) in [6.07, 6.45) is 1.44. The minimum atomic E-state index is -0.342. The fourth-order valence-corrected chi connectivity index (χ4v) is 2.82. The van der Waals surface area contributed by atoms with E-state index in [1.807, 2.05) is 32.0 Å². The van der Waals surface area contributed by atoms with Crippen LogP contribution in [0.15, 0.2) is 53.6 Å². The van der Waals surface area contributed by atoms with Gasteiger partial charge in [0.1, 0.15) is 12.1 Å². The lowest BCUT2D eigenvalue weighted by Crippen LogP contribution is -2.21. The molecule has 130 valence electrons. The summed E-state index contributed by atoms with van der Waals surface area (Å²) in [5.74, 6) is -0.342. The van der Waals surface area contributed by atoms with Crippen LogP contribution in [-0.2, 0) is 6.54 Å². The Morgan fingerprint density at radius 3 is 2.69 bits per heavy atom. The number of hydrogen-bond acceptors (Lipinski definition) is 4. The van der Waals surface area contributed by atoms with Crippen LogP contribution in [-0.4, -0.2) is 24.5 Å². The van der Waals surface area contributed by atoms with Crippen LogP contribution in [0.4, 0.5) is 4.39 Å². The Morgan fingerprint density at radius 2 is 1.92 bits per heavy atom. The van der Waals surface area contributed by atoms with Crippen LogP contribution in [0.2, 0.25) is 0 Å². The minimum absolute atomic E-state index is 0.183. The minimum Gasteiger partial charge on any atom is -0.293 e. The fraction of sp³-hybridized carbons (Fsp3) is 0.158. The van der Waals surface area contributed by atoms with Gasteiger partial charge in [0, 0.05) is 0 Å². The SMILES string of the molecule is Cc1ccc(-n2nnc3c(=O)n(Cc4cccc(F)c4)cnc32)cc1C. The molecular weight excluding hydrogens is 333 g/mol. The number of fused-ring (bicyclic) bond motifs is 1. The number of rotatable bonds is 3. The van der Waals surface area contributed by atoms with Crippen LogP contribution in [0.25, 0.3) is 16.9 Å². The largest absolute Gasteiger partial charge is 0.293 e. The highest BCUT2D eigenvalue weighted by Gasteiger charge is 2.14. The van der Waals surface area contributed by atoms with E-state index in [2.05, 4.69) is 15.3 Å². The number of nitrogens with zero attached hydrogens (tertiary/aromatic N) is 5. The zero-order chi connectivity index (χ0) is 18.3. The molecule has 0 fully saturated rings. The van der Waals surface area contributed by atoms with E-state index in [4.69, 9.17) is 0 Å². The summed E-state index contributed by atoms with van der Waals surface area (Å²) >= 11 is 0. The monoisotopic (exact) mass is 349 g/mol. The van der Waals surface area contributed by atoms with Crippen LogP contribution in [0.5, 0.6) is 0 Å². The maximum atomic E-state index is 13.3. The molecule has 0 amide bonds. The van der Waals surface area contributed by atoms with Crippen molar-refractivity contribution in [3.8, 4) is 5.69 Å². The molecule has 2 heterocycles. The second kappa shape index (κ2) is 6.18. The van der Waals surface area contributed by atoms with Crippen molar-refractivity contribution < 1.29 is 4.39 Å². The Kier molecular flexibility index (Phi) is 3.84. The zero-order valence-electron chi connectivity index (χ0n) is 14.3. The highest BCUT2D eigenvalue weighted by molar-refractivity contribution is 5.70. The molecule has 2 aromatic carbocycles. The van der Waals surface area contributed by atoms with Crippen LogP contribution < -0.4 is 5.56 Å². The number of halogens is 1. The van der Waals surface area contributed by atoms with E-state index in [1.54, 1.807) is 16.8 Å². The van der Waals surface area contributed by atoms with Gasteiger partial charge in [-0.05, 0) is 54.8 Å². The van der Waals surface area contributed by atoms with Gasteiger partial charge in [0.25, 0.3) is 5.56 Å². The summed E-state index contributed by atoms with van der Waals surface area (Å²) in [6, 6.07) is 12.0. The van der Waals surface area contributed by atoms with E-state index in [0.29, 0.717) is 11.2 Å². The highest BCUT2D eigenvalue weighted by atomic mass is 19.1. The average molecular weight is 349 g/mol. The first kappa shape index (κ1) is 16.1. The third kappa shape index (κ3) is 2.77. The van der Waals surface area contributed by atoms with E-state index in [1.165, 1.54) is 28.6 Å². The molecule has 0 aliphatic heterocycles. The molecule has 0 N–H and O–H groups in total. The van der Waals surface area contributed by atoms with E-state index in [9.17, 15) is 9.18 Å². The van der Waals surface area contributed by atoms with Gasteiger partial charge < -0.3 is 0 Å². The smallest absolute Gasteiger partial charge is 0.283 e. The van der Waals surface area contributed by atoms with Crippen molar-refractivity contribution in [2.75, 3.05) is 0 Å². The summed E-state index contributed by atoms with van der Waals surface area (Å²) in [4.78, 5) is 17.1. The van der Waals surface area contributed by atoms with E-state index >= 15 is 0 Å². The molecule has 0 saturated carbocycles. The van der Waals surface area contributed by atoms with Gasteiger partial charge in [-0.2, -0.15) is 4.68 Å². The molecule has 7 heteroatoms. The van der Waals surface area contributed by atoms with Crippen molar-refractivity contribution in [1.82, 2.24) is 24.5 Å². The van der Waals surface area contributed by atoms with Gasteiger partial charge in [-0.1, -0.05) is 23.4 Å². The fourth-order valence-electron chi connectivity index (χ4n) is 2.82. The summed E-state index contributed by atoms with van der Waals surface area (Å²) in [5, 5.41) is 8.10. The Bertz CT molecular complexity index is 1180. The van der Waals surface area contributed by atoms with E-state index in [-0.39, 0.29) is 23.4 Å². The topological polar surface area (TPSA) is 65.6 Å². The van der Waals surface area contributed by atoms with Gasteiger partial charge in [-0.3, -0.25) is 9.36 Å². The third-order valence-corrected chi connectivity index (χ3v) is 4.41. The molecule has 6 nitrogen and oxygen atoms in total. The van der Waals surface area contributed by atoms with Crippen LogP contribution >= 0.6 is 0 Å². The Labute approximate surface area is 148 Å². The Balaban J connectivity index is 1.78. The van der Waals surface area contributed by atoms with Crippen molar-refractivity contribution in [3.05, 3.63) is 81.7 Å². The molecule has 2 aromatic heterocycles. The molecule has 0 radical (unpaired) electrons. The maximum Gasteiger partial charge on any atom is 0.283 e. The van der Waals surface area contributed by atoms with Gasteiger partial charge in [-0.25, -0.2) is 9.37 Å². The molecule has 0 spiro atoms. The number of benzene rings is 2. The average Bonchev–Trinajstić information content (AvgIpc) is 3.05. The first-order chi connectivity index (χ1) is 12.5. The van der Waals surface area contributed by atoms with Crippen molar-refractivity contribution in [1.29, 1.82) is 0 Å². The predicted molar refractivity (Wildman–Crippen MR) is 95.9 cm³/mol. The molecule has 26 heavy (non-hydrogen) atoms. The number of aryl methyl sites for hydroxylation is 2. The standard InChI is InChI=1S/C19H16FN5O/c1-12-6-7-16(8-13(12)2)25-18-17(22-23-25)19(26)24(11-21-18)10-14-4-3-5-15(20)9-14/h3-9,11H,10H2,1-2H3. The molecule has 0 bridgehead atoms. The summed E-state index contributed by atoms with van der Waals surface area (Å²) in [6.45, 7) is 4.26. The Morgan fingerprint density at radius 1 is 1.08 bits per heavy atom. The van der Waals surface area contributed by atoms with E-state index < -0.39 is 0 Å². The first-order valence-electron chi connectivity index (χ1n) is 8.16. The summed E-state index contributed by atoms with van der Waals surface area (Å²) < 4.78 is 16.3. The van der Waals surface area contributed by atoms with Crippen molar-refractivity contribution >= 4 is 11.2 Å². The molecule has 0 aliphatic rings. The van der Waals surface area contributed by atoms with Gasteiger partial charge >= 0.3 is 0 Å². The molecule has 4 aromatic rings. The lowest BCUT2D eigenvalue weighted by molar-refractivity contribution is 0.622. The molecule has 0 atom stereocenters. The van der Waals surface area contributed by atoms with Gasteiger partial charge in [0.05, 0.1) is 12.2 Å². The zero-order valence-corrected chi connectivity index (χ0v) is 14.3. The van der Waals surface area contributed by atoms with Crippen LogP contribution in [0, 0.1) is 19.7 Å². The quantitative estimate of drug-likeness (QED) is 0.570. The number of aromatic nitrogens is 5. The molecule has 0 aliphatic carbocycles. The third-order valence-electron chi connectivity index (χ3n) is 4.41. The first-order valence-corrected chi connectivity index (χ1v) is 8.16. The second-order valence-electron chi connectivity index (χ2n) is 6.25. The lowest BCUT2D eigenvalue weighted by atomic mass is 10.1. The summed E-state index contributed by atoms with van der Waals surface area (Å²) in [5.41, 5.74) is 4.03. The maximum absolute atomic E-state index is 13.3. The molecule has 0 saturated heterocycles. The van der Waals surface area contributed by atoms with Gasteiger partial charge in [0.15, 0.2) is 11.2 Å². The van der Waals surface area contributed by atoms with Crippen molar-refractivity contribution in [2.45, 2.75) is 20.4 Å². The second-order valence-corrected chi connectivity index (χ2v) is 6.25. The van der Waals surface area contributed by atoms with Crippen molar-refractivity contribution in [2.24, 2.45) is 0 Å². The van der Waals surface area contributed by atoms with Gasteiger partial charge in [0.2, 0.25) is 0 Å². The molecule has 0 unspecified atom stereocenters. The Hall–Kier alpha value is -3.35.